The summed E-state index contributed by atoms with van der Waals surface area (Å²) in [7, 11) is -7.34. The number of nitrogens with one attached hydrogen (secondary N) is 1. The van der Waals surface area contributed by atoms with Crippen LogP contribution in [-0.4, -0.2) is 90.0 Å². The van der Waals surface area contributed by atoms with Crippen molar-refractivity contribution in [1.29, 1.82) is 0 Å². The summed E-state index contributed by atoms with van der Waals surface area (Å²) in [6, 6.07) is 4.95. The second-order valence-electron chi connectivity index (χ2n) is 11.9. The predicted molar refractivity (Wildman–Crippen MR) is 156 cm³/mol. The van der Waals surface area contributed by atoms with E-state index in [0.29, 0.717) is 6.42 Å². The third kappa shape index (κ3) is 19.0. The lowest BCUT2D eigenvalue weighted by Crippen LogP contribution is -2.42. The van der Waals surface area contributed by atoms with Gasteiger partial charge in [-0.2, -0.15) is 21.9 Å². The minimum absolute atomic E-state index is 0.0245. The van der Waals surface area contributed by atoms with Gasteiger partial charge in [0.2, 0.25) is 0 Å². The summed E-state index contributed by atoms with van der Waals surface area (Å²) in [5, 5.41) is 4.13. The number of benzene rings is 1. The molecule has 0 aliphatic rings. The third-order valence-corrected chi connectivity index (χ3v) is 6.31. The Balaban J connectivity index is 3.05. The maximum Gasteiger partial charge on any atom is 0.407 e. The number of ether oxygens (including phenoxy) is 2. The van der Waals surface area contributed by atoms with E-state index in [1.807, 2.05) is 25.1 Å². The number of rotatable bonds is 16. The molecule has 1 atom stereocenters. The van der Waals surface area contributed by atoms with Crippen LogP contribution in [0.15, 0.2) is 18.2 Å². The highest BCUT2D eigenvalue weighted by molar-refractivity contribution is 7.86. The van der Waals surface area contributed by atoms with E-state index < -0.39 is 49.5 Å². The van der Waals surface area contributed by atoms with E-state index in [1.165, 1.54) is 5.06 Å². The van der Waals surface area contributed by atoms with Gasteiger partial charge in [0.1, 0.15) is 11.2 Å². The molecule has 0 bridgehead atoms. The average molecular weight is 639 g/mol. The lowest BCUT2D eigenvalue weighted by molar-refractivity contribution is -0.175. The van der Waals surface area contributed by atoms with Crippen molar-refractivity contribution in [2.75, 3.05) is 38.8 Å². The van der Waals surface area contributed by atoms with Gasteiger partial charge in [-0.3, -0.25) is 18.0 Å². The fraction of sp³-hybridized carbons (Fsp3) is 0.704. The maximum absolute atomic E-state index is 12.6. The lowest BCUT2D eigenvalue weighted by Gasteiger charge is -2.26. The van der Waals surface area contributed by atoms with Gasteiger partial charge in [0.05, 0.1) is 38.8 Å². The van der Waals surface area contributed by atoms with E-state index in [9.17, 15) is 26.4 Å². The molecule has 0 aliphatic heterocycles. The van der Waals surface area contributed by atoms with Crippen LogP contribution >= 0.6 is 0 Å². The molecule has 0 unspecified atom stereocenters. The SMILES string of the molecule is Cc1ccc(CON(CCOS(C)(=O)=O)CCOS(C)(=O)=O)cc1C[C@@H](CC(=O)OC(C)(C)C)NC(=O)OC(C)(C)C. The largest absolute Gasteiger partial charge is 0.460 e. The molecule has 1 amide bonds. The van der Waals surface area contributed by atoms with Gasteiger partial charge in [0, 0.05) is 19.1 Å². The van der Waals surface area contributed by atoms with Crippen LogP contribution in [0.1, 0.15) is 64.7 Å². The van der Waals surface area contributed by atoms with E-state index in [0.717, 1.165) is 29.2 Å². The maximum atomic E-state index is 12.6. The molecule has 42 heavy (non-hydrogen) atoms. The average Bonchev–Trinajstić information content (AvgIpc) is 2.74. The molecule has 0 fully saturated rings. The Kier molecular flexibility index (Phi) is 14.3. The summed E-state index contributed by atoms with van der Waals surface area (Å²) >= 11 is 0. The minimum atomic E-state index is -3.67. The van der Waals surface area contributed by atoms with Crippen LogP contribution in [-0.2, 0) is 60.7 Å². The Morgan fingerprint density at radius 2 is 1.40 bits per heavy atom. The molecule has 1 aromatic rings. The molecule has 1 aromatic carbocycles. The van der Waals surface area contributed by atoms with Crippen molar-refractivity contribution in [1.82, 2.24) is 10.4 Å². The Morgan fingerprint density at radius 1 is 0.881 bits per heavy atom. The normalized spacial score (nSPS) is 13.6. The quantitative estimate of drug-likeness (QED) is 0.160. The van der Waals surface area contributed by atoms with E-state index in [1.54, 1.807) is 41.5 Å². The van der Waals surface area contributed by atoms with Crippen molar-refractivity contribution in [3.05, 3.63) is 34.9 Å². The van der Waals surface area contributed by atoms with Crippen molar-refractivity contribution in [3.8, 4) is 0 Å². The molecule has 0 heterocycles. The van der Waals surface area contributed by atoms with Gasteiger partial charge in [0.25, 0.3) is 20.2 Å². The number of esters is 1. The highest BCUT2D eigenvalue weighted by Gasteiger charge is 2.25. The molecule has 0 saturated carbocycles. The van der Waals surface area contributed by atoms with Crippen molar-refractivity contribution >= 4 is 32.3 Å². The summed E-state index contributed by atoms with van der Waals surface area (Å²) in [5.74, 6) is -0.469. The van der Waals surface area contributed by atoms with Gasteiger partial charge in [-0.25, -0.2) is 4.79 Å². The number of hydroxylamine groups is 2. The van der Waals surface area contributed by atoms with Crippen molar-refractivity contribution in [3.63, 3.8) is 0 Å². The number of nitrogens with zero attached hydrogens (tertiary/aromatic N) is 1. The molecular formula is C27H46N2O11S2. The zero-order chi connectivity index (χ0) is 32.4. The minimum Gasteiger partial charge on any atom is -0.460 e. The first-order valence-corrected chi connectivity index (χ1v) is 17.0. The molecule has 1 N–H and O–H groups in total. The van der Waals surface area contributed by atoms with Gasteiger partial charge in [-0.1, -0.05) is 18.2 Å². The van der Waals surface area contributed by atoms with Crippen LogP contribution in [0.25, 0.3) is 0 Å². The van der Waals surface area contributed by atoms with E-state index >= 15 is 0 Å². The van der Waals surface area contributed by atoms with Crippen molar-refractivity contribution < 1.29 is 49.1 Å². The number of carbonyl (C=O) groups excluding carboxylic acids is 2. The molecule has 0 aromatic heterocycles. The van der Waals surface area contributed by atoms with Gasteiger partial charge in [0.15, 0.2) is 0 Å². The molecule has 13 nitrogen and oxygen atoms in total. The summed E-state index contributed by atoms with van der Waals surface area (Å²) < 4.78 is 65.7. The second-order valence-corrected chi connectivity index (χ2v) is 15.1. The van der Waals surface area contributed by atoms with Crippen LogP contribution < -0.4 is 5.32 Å². The number of hydrogen-bond acceptors (Lipinski definition) is 12. The number of amides is 1. The first kappa shape index (κ1) is 37.7. The molecule has 0 aliphatic carbocycles. The summed E-state index contributed by atoms with van der Waals surface area (Å²) in [5.41, 5.74) is 1.08. The molecule has 0 saturated heterocycles. The van der Waals surface area contributed by atoms with E-state index in [2.05, 4.69) is 5.32 Å². The van der Waals surface area contributed by atoms with Crippen molar-refractivity contribution in [2.45, 2.75) is 85.2 Å². The van der Waals surface area contributed by atoms with Crippen LogP contribution in [0.2, 0.25) is 0 Å². The molecule has 1 rings (SSSR count). The molecule has 0 radical (unpaired) electrons. The molecule has 242 valence electrons. The summed E-state index contributed by atoms with van der Waals surface area (Å²) in [6.07, 6.45) is 1.41. The predicted octanol–water partition coefficient (Wildman–Crippen LogP) is 2.85. The first-order valence-electron chi connectivity index (χ1n) is 13.4. The van der Waals surface area contributed by atoms with Gasteiger partial charge < -0.3 is 14.8 Å². The Labute approximate surface area is 250 Å². The Hall–Kier alpha value is -2.30. The van der Waals surface area contributed by atoms with Crippen LogP contribution in [0.3, 0.4) is 0 Å². The van der Waals surface area contributed by atoms with E-state index in [4.69, 9.17) is 22.7 Å². The second kappa shape index (κ2) is 16.0. The Morgan fingerprint density at radius 3 is 1.88 bits per heavy atom. The lowest BCUT2D eigenvalue weighted by atomic mass is 9.97. The van der Waals surface area contributed by atoms with Crippen LogP contribution in [0, 0.1) is 6.92 Å². The van der Waals surface area contributed by atoms with Crippen molar-refractivity contribution in [2.24, 2.45) is 0 Å². The zero-order valence-corrected chi connectivity index (χ0v) is 27.6. The van der Waals surface area contributed by atoms with Crippen LogP contribution in [0.4, 0.5) is 4.79 Å². The topological polar surface area (TPSA) is 164 Å². The smallest absolute Gasteiger partial charge is 0.407 e. The summed E-state index contributed by atoms with van der Waals surface area (Å²) in [6.45, 7) is 12.1. The molecule has 15 heteroatoms. The number of alkyl carbamates (subject to hydrolysis) is 1. The van der Waals surface area contributed by atoms with Crippen LogP contribution in [0.5, 0.6) is 0 Å². The van der Waals surface area contributed by atoms with E-state index in [-0.39, 0.29) is 39.3 Å². The third-order valence-electron chi connectivity index (χ3n) is 5.12. The monoisotopic (exact) mass is 638 g/mol. The number of aryl methyl sites for hydroxylation is 1. The Bertz CT molecular complexity index is 1180. The fourth-order valence-electron chi connectivity index (χ4n) is 3.52. The number of carbonyl (C=O) groups is 2. The fourth-order valence-corrected chi connectivity index (χ4v) is 4.27. The zero-order valence-electron chi connectivity index (χ0n) is 26.0. The van der Waals surface area contributed by atoms with Gasteiger partial charge in [-0.05, 0) is 71.6 Å². The molecular weight excluding hydrogens is 592 g/mol. The number of hydrogen-bond donors (Lipinski definition) is 1. The summed E-state index contributed by atoms with van der Waals surface area (Å²) in [4.78, 5) is 31.0. The van der Waals surface area contributed by atoms with Gasteiger partial charge >= 0.3 is 12.1 Å². The highest BCUT2D eigenvalue weighted by atomic mass is 32.2. The van der Waals surface area contributed by atoms with Gasteiger partial charge in [-0.15, -0.1) is 0 Å². The first-order chi connectivity index (χ1) is 19.0. The standard InChI is InChI=1S/C27H46N2O11S2/c1-20-10-11-21(19-36-29(12-14-37-41(8,32)33)13-15-38-42(9,34)35)16-22(20)17-23(18-24(30)39-26(2,3)4)28-25(31)40-27(5,6)7/h10-11,16,23H,12-15,17-19H2,1-9H3,(H,28,31)/t23-/m0/s1. The highest BCUT2D eigenvalue weighted by Crippen LogP contribution is 2.18. The molecule has 0 spiro atoms.